The van der Waals surface area contributed by atoms with Gasteiger partial charge in [-0.05, 0) is 39.3 Å². The number of fused-ring (bicyclic) bond motifs is 1. The summed E-state index contributed by atoms with van der Waals surface area (Å²) in [6, 6.07) is 5.07. The first-order valence-corrected chi connectivity index (χ1v) is 6.68. The van der Waals surface area contributed by atoms with Crippen LogP contribution in [0.1, 0.15) is 39.2 Å². The first kappa shape index (κ1) is 14.4. The van der Waals surface area contributed by atoms with Crippen LogP contribution in [0, 0.1) is 0 Å². The topological polar surface area (TPSA) is 49.8 Å². The summed E-state index contributed by atoms with van der Waals surface area (Å²) in [5, 5.41) is 9.65. The number of carbonyl (C=O) groups is 1. The minimum Gasteiger partial charge on any atom is -0.508 e. The molecule has 1 aromatic rings. The summed E-state index contributed by atoms with van der Waals surface area (Å²) in [5.41, 5.74) is 2.14. The standard InChI is InChI=1S/C16H21NO3/c1-10(2)13-9-17(15(19)20-16(3,4)5)14-8-11(18)6-7-12(13)14/h6-8,13,18H,1,9H2,2-5H3. The molecule has 0 saturated carbocycles. The van der Waals surface area contributed by atoms with Gasteiger partial charge in [0.1, 0.15) is 11.4 Å². The first-order chi connectivity index (χ1) is 9.19. The van der Waals surface area contributed by atoms with Crippen LogP contribution in [-0.4, -0.2) is 23.3 Å². The zero-order valence-electron chi connectivity index (χ0n) is 12.4. The average Bonchev–Trinajstić information content (AvgIpc) is 2.65. The molecule has 108 valence electrons. The number of rotatable bonds is 1. The number of aromatic hydroxyl groups is 1. The first-order valence-electron chi connectivity index (χ1n) is 6.68. The molecule has 0 saturated heterocycles. The fourth-order valence-electron chi connectivity index (χ4n) is 2.35. The van der Waals surface area contributed by atoms with Crippen LogP contribution < -0.4 is 4.90 Å². The van der Waals surface area contributed by atoms with E-state index in [4.69, 9.17) is 4.74 Å². The van der Waals surface area contributed by atoms with E-state index in [1.54, 1.807) is 17.0 Å². The number of anilines is 1. The number of hydrogen-bond donors (Lipinski definition) is 1. The second kappa shape index (κ2) is 4.85. The van der Waals surface area contributed by atoms with Crippen molar-refractivity contribution in [2.24, 2.45) is 0 Å². The molecule has 0 bridgehead atoms. The maximum absolute atomic E-state index is 12.3. The quantitative estimate of drug-likeness (QED) is 0.793. The van der Waals surface area contributed by atoms with Crippen molar-refractivity contribution in [3.63, 3.8) is 0 Å². The second-order valence-electron chi connectivity index (χ2n) is 6.23. The zero-order valence-corrected chi connectivity index (χ0v) is 12.4. The molecule has 0 radical (unpaired) electrons. The third kappa shape index (κ3) is 2.79. The number of amides is 1. The average molecular weight is 275 g/mol. The Balaban J connectivity index is 2.36. The summed E-state index contributed by atoms with van der Waals surface area (Å²) in [5.74, 6) is 0.220. The maximum atomic E-state index is 12.3. The van der Waals surface area contributed by atoms with Crippen molar-refractivity contribution in [1.82, 2.24) is 0 Å². The van der Waals surface area contributed by atoms with Crippen LogP contribution in [0.4, 0.5) is 10.5 Å². The third-order valence-corrected chi connectivity index (χ3v) is 3.25. The van der Waals surface area contributed by atoms with Crippen LogP contribution in [0.3, 0.4) is 0 Å². The van der Waals surface area contributed by atoms with Crippen LogP contribution >= 0.6 is 0 Å². The molecule has 4 nitrogen and oxygen atoms in total. The SMILES string of the molecule is C=C(C)C1CN(C(=O)OC(C)(C)C)c2cc(O)ccc21. The Morgan fingerprint density at radius 2 is 2.10 bits per heavy atom. The van der Waals surface area contributed by atoms with Crippen LogP contribution in [0.2, 0.25) is 0 Å². The highest BCUT2D eigenvalue weighted by atomic mass is 16.6. The number of phenols is 1. The minimum absolute atomic E-state index is 0.0816. The van der Waals surface area contributed by atoms with Crippen LogP contribution in [-0.2, 0) is 4.74 Å². The van der Waals surface area contributed by atoms with Gasteiger partial charge in [-0.2, -0.15) is 0 Å². The molecule has 4 heteroatoms. The molecule has 20 heavy (non-hydrogen) atoms. The van der Waals surface area contributed by atoms with Gasteiger partial charge in [0.15, 0.2) is 0 Å². The molecule has 0 aliphatic carbocycles. The second-order valence-corrected chi connectivity index (χ2v) is 6.23. The molecule has 1 atom stereocenters. The highest BCUT2D eigenvalue weighted by molar-refractivity contribution is 5.91. The summed E-state index contributed by atoms with van der Waals surface area (Å²) < 4.78 is 5.42. The Morgan fingerprint density at radius 1 is 1.45 bits per heavy atom. The molecule has 0 aromatic heterocycles. The van der Waals surface area contributed by atoms with E-state index in [9.17, 15) is 9.90 Å². The van der Waals surface area contributed by atoms with E-state index in [-0.39, 0.29) is 11.7 Å². The van der Waals surface area contributed by atoms with Crippen molar-refractivity contribution in [3.05, 3.63) is 35.9 Å². The summed E-state index contributed by atoms with van der Waals surface area (Å²) in [6.45, 7) is 11.9. The van der Waals surface area contributed by atoms with Crippen LogP contribution in [0.25, 0.3) is 0 Å². The number of ether oxygens (including phenoxy) is 1. The Morgan fingerprint density at radius 3 is 2.65 bits per heavy atom. The lowest BCUT2D eigenvalue weighted by molar-refractivity contribution is 0.0583. The molecule has 1 N–H and O–H groups in total. The normalized spacial score (nSPS) is 17.8. The van der Waals surface area contributed by atoms with Crippen molar-refractivity contribution in [1.29, 1.82) is 0 Å². The van der Waals surface area contributed by atoms with Crippen molar-refractivity contribution in [2.75, 3.05) is 11.4 Å². The van der Waals surface area contributed by atoms with Gasteiger partial charge in [0.05, 0.1) is 5.69 Å². The fraction of sp³-hybridized carbons (Fsp3) is 0.438. The predicted octanol–water partition coefficient (Wildman–Crippen LogP) is 3.81. The lowest BCUT2D eigenvalue weighted by Gasteiger charge is -2.25. The number of carbonyl (C=O) groups excluding carboxylic acids is 1. The van der Waals surface area contributed by atoms with E-state index in [0.29, 0.717) is 12.2 Å². The van der Waals surface area contributed by atoms with E-state index in [1.165, 1.54) is 0 Å². The molecule has 1 unspecified atom stereocenters. The smallest absolute Gasteiger partial charge is 0.414 e. The monoisotopic (exact) mass is 275 g/mol. The third-order valence-electron chi connectivity index (χ3n) is 3.25. The van der Waals surface area contributed by atoms with Crippen molar-refractivity contribution in [3.8, 4) is 5.75 Å². The van der Waals surface area contributed by atoms with Gasteiger partial charge in [0, 0.05) is 18.5 Å². The molecular formula is C16H21NO3. The summed E-state index contributed by atoms with van der Waals surface area (Å²) >= 11 is 0. The Hall–Kier alpha value is -1.97. The number of benzene rings is 1. The molecule has 0 fully saturated rings. The summed E-state index contributed by atoms with van der Waals surface area (Å²) in [6.07, 6.45) is -0.395. The lowest BCUT2D eigenvalue weighted by atomic mass is 9.95. The van der Waals surface area contributed by atoms with E-state index >= 15 is 0 Å². The van der Waals surface area contributed by atoms with Crippen LogP contribution in [0.15, 0.2) is 30.4 Å². The fourth-order valence-corrected chi connectivity index (χ4v) is 2.35. The number of hydrogen-bond acceptors (Lipinski definition) is 3. The minimum atomic E-state index is -0.546. The van der Waals surface area contributed by atoms with Gasteiger partial charge in [-0.15, -0.1) is 0 Å². The van der Waals surface area contributed by atoms with E-state index in [0.717, 1.165) is 11.1 Å². The Bertz CT molecular complexity index is 557. The van der Waals surface area contributed by atoms with E-state index in [1.807, 2.05) is 33.8 Å². The zero-order chi connectivity index (χ0) is 15.1. The number of nitrogens with zero attached hydrogens (tertiary/aromatic N) is 1. The molecule has 1 aliphatic rings. The van der Waals surface area contributed by atoms with Crippen molar-refractivity contribution in [2.45, 2.75) is 39.2 Å². The van der Waals surface area contributed by atoms with Gasteiger partial charge in [-0.25, -0.2) is 4.79 Å². The Kier molecular flexibility index (Phi) is 3.50. The maximum Gasteiger partial charge on any atom is 0.414 e. The van der Waals surface area contributed by atoms with Crippen LogP contribution in [0.5, 0.6) is 5.75 Å². The molecule has 1 amide bonds. The highest BCUT2D eigenvalue weighted by Gasteiger charge is 2.35. The molecule has 1 heterocycles. The Labute approximate surface area is 119 Å². The van der Waals surface area contributed by atoms with Gasteiger partial charge in [-0.3, -0.25) is 4.90 Å². The van der Waals surface area contributed by atoms with Crippen molar-refractivity contribution >= 4 is 11.8 Å². The number of phenolic OH excluding ortho intramolecular Hbond substituents is 1. The van der Waals surface area contributed by atoms with Gasteiger partial charge < -0.3 is 9.84 Å². The summed E-state index contributed by atoms with van der Waals surface area (Å²) in [4.78, 5) is 13.9. The largest absolute Gasteiger partial charge is 0.508 e. The van der Waals surface area contributed by atoms with Gasteiger partial charge in [0.2, 0.25) is 0 Å². The van der Waals surface area contributed by atoms with Gasteiger partial charge in [-0.1, -0.05) is 18.2 Å². The summed E-state index contributed by atoms with van der Waals surface area (Å²) in [7, 11) is 0. The van der Waals surface area contributed by atoms with Gasteiger partial charge >= 0.3 is 6.09 Å². The molecule has 1 aromatic carbocycles. The molecular weight excluding hydrogens is 254 g/mol. The molecule has 2 rings (SSSR count). The molecule has 1 aliphatic heterocycles. The highest BCUT2D eigenvalue weighted by Crippen LogP contribution is 2.41. The van der Waals surface area contributed by atoms with Crippen molar-refractivity contribution < 1.29 is 14.6 Å². The molecule has 0 spiro atoms. The predicted molar refractivity (Wildman–Crippen MR) is 79.2 cm³/mol. The van der Waals surface area contributed by atoms with E-state index in [2.05, 4.69) is 6.58 Å². The lowest BCUT2D eigenvalue weighted by Crippen LogP contribution is -2.36. The van der Waals surface area contributed by atoms with Gasteiger partial charge in [0.25, 0.3) is 0 Å². The van der Waals surface area contributed by atoms with E-state index < -0.39 is 11.7 Å².